The molecule has 0 bridgehead atoms. The van der Waals surface area contributed by atoms with Gasteiger partial charge in [0.05, 0.1) is 0 Å². The second kappa shape index (κ2) is 13.3. The molecule has 2 aromatic carbocycles. The van der Waals surface area contributed by atoms with Crippen molar-refractivity contribution in [1.29, 1.82) is 0 Å². The highest BCUT2D eigenvalue weighted by atomic mass is 35.5. The number of ether oxygens (including phenoxy) is 1. The normalized spacial score (nSPS) is 15.9. The summed E-state index contributed by atoms with van der Waals surface area (Å²) >= 11 is 5.97. The number of nitrogens with one attached hydrogen (secondary N) is 1. The van der Waals surface area contributed by atoms with Crippen LogP contribution in [0.4, 0.5) is 0 Å². The molecule has 0 spiro atoms. The number of piperidine rings is 1. The van der Waals surface area contributed by atoms with Crippen LogP contribution in [-0.2, 0) is 0 Å². The average molecular weight is 446 g/mol. The molecule has 1 aliphatic heterocycles. The summed E-state index contributed by atoms with van der Waals surface area (Å²) < 4.78 is 5.81. The van der Waals surface area contributed by atoms with Crippen LogP contribution in [0.25, 0.3) is 0 Å². The predicted octanol–water partition coefficient (Wildman–Crippen LogP) is 5.63. The molecule has 1 unspecified atom stereocenters. The van der Waals surface area contributed by atoms with E-state index in [1.54, 1.807) is 0 Å². The Bertz CT molecular complexity index is 647. The number of halogens is 3. The van der Waals surface area contributed by atoms with Crippen molar-refractivity contribution < 1.29 is 4.74 Å². The SMILES string of the molecule is CC(NCC1CCN(CCOc2ccccc2)CC1)c1ccc(Cl)cc1.Cl.Cl. The minimum atomic E-state index is 0. The van der Waals surface area contributed by atoms with Gasteiger partial charge in [0.15, 0.2) is 0 Å². The Balaban J connectivity index is 0.00000196. The van der Waals surface area contributed by atoms with Crippen LogP contribution in [0.15, 0.2) is 54.6 Å². The molecule has 0 aliphatic carbocycles. The number of hydrogen-bond acceptors (Lipinski definition) is 3. The van der Waals surface area contributed by atoms with Gasteiger partial charge in [0.25, 0.3) is 0 Å². The van der Waals surface area contributed by atoms with Crippen LogP contribution in [0.3, 0.4) is 0 Å². The van der Waals surface area contributed by atoms with Crippen molar-refractivity contribution in [2.45, 2.75) is 25.8 Å². The summed E-state index contributed by atoms with van der Waals surface area (Å²) in [6, 6.07) is 18.6. The fraction of sp³-hybridized carbons (Fsp3) is 0.455. The van der Waals surface area contributed by atoms with Crippen molar-refractivity contribution in [3.8, 4) is 5.75 Å². The second-order valence-electron chi connectivity index (χ2n) is 7.13. The van der Waals surface area contributed by atoms with Gasteiger partial charge in [0.2, 0.25) is 0 Å². The first-order chi connectivity index (χ1) is 12.7. The van der Waals surface area contributed by atoms with Gasteiger partial charge in [0.1, 0.15) is 12.4 Å². The van der Waals surface area contributed by atoms with Crippen LogP contribution in [-0.4, -0.2) is 37.7 Å². The highest BCUT2D eigenvalue weighted by Crippen LogP contribution is 2.20. The smallest absolute Gasteiger partial charge is 0.119 e. The predicted molar refractivity (Wildman–Crippen MR) is 123 cm³/mol. The number of para-hydroxylation sites is 1. The van der Waals surface area contributed by atoms with Crippen LogP contribution in [0.5, 0.6) is 5.75 Å². The van der Waals surface area contributed by atoms with Gasteiger partial charge >= 0.3 is 0 Å². The zero-order valence-corrected chi connectivity index (χ0v) is 18.7. The quantitative estimate of drug-likeness (QED) is 0.570. The molecule has 156 valence electrons. The highest BCUT2D eigenvalue weighted by molar-refractivity contribution is 6.30. The monoisotopic (exact) mass is 444 g/mol. The Labute approximate surface area is 186 Å². The van der Waals surface area contributed by atoms with E-state index in [1.807, 2.05) is 42.5 Å². The number of benzene rings is 2. The van der Waals surface area contributed by atoms with Crippen LogP contribution < -0.4 is 10.1 Å². The maximum atomic E-state index is 5.97. The van der Waals surface area contributed by atoms with Crippen LogP contribution in [0.2, 0.25) is 5.02 Å². The maximum Gasteiger partial charge on any atom is 0.119 e. The molecule has 0 radical (unpaired) electrons. The second-order valence-corrected chi connectivity index (χ2v) is 7.56. The van der Waals surface area contributed by atoms with E-state index in [1.165, 1.54) is 31.5 Å². The van der Waals surface area contributed by atoms with E-state index < -0.39 is 0 Å². The summed E-state index contributed by atoms with van der Waals surface area (Å²) in [5.74, 6) is 1.72. The first kappa shape index (κ1) is 25.1. The van der Waals surface area contributed by atoms with Crippen molar-refractivity contribution in [2.75, 3.05) is 32.8 Å². The molecule has 28 heavy (non-hydrogen) atoms. The van der Waals surface area contributed by atoms with E-state index in [0.717, 1.165) is 36.4 Å². The number of likely N-dealkylation sites (tertiary alicyclic amines) is 1. The van der Waals surface area contributed by atoms with E-state index in [0.29, 0.717) is 6.04 Å². The summed E-state index contributed by atoms with van der Waals surface area (Å²) in [6.45, 7) is 7.41. The van der Waals surface area contributed by atoms with Crippen molar-refractivity contribution >= 4 is 36.4 Å². The minimum Gasteiger partial charge on any atom is -0.492 e. The van der Waals surface area contributed by atoms with E-state index >= 15 is 0 Å². The molecule has 1 heterocycles. The molecular weight excluding hydrogens is 415 g/mol. The Morgan fingerprint density at radius 3 is 2.32 bits per heavy atom. The van der Waals surface area contributed by atoms with Gasteiger partial charge in [0, 0.05) is 17.6 Å². The van der Waals surface area contributed by atoms with Crippen LogP contribution in [0.1, 0.15) is 31.4 Å². The third kappa shape index (κ3) is 8.18. The van der Waals surface area contributed by atoms with Gasteiger partial charge in [-0.1, -0.05) is 41.9 Å². The molecule has 3 rings (SSSR count). The molecule has 1 saturated heterocycles. The standard InChI is InChI=1S/C22H29ClN2O.2ClH/c1-18(20-7-9-21(23)10-8-20)24-17-19-11-13-25(14-12-19)15-16-26-22-5-3-2-4-6-22;;/h2-10,18-19,24H,11-17H2,1H3;2*1H. The molecule has 0 aromatic heterocycles. The zero-order valence-electron chi connectivity index (χ0n) is 16.4. The van der Waals surface area contributed by atoms with Crippen molar-refractivity contribution in [3.05, 3.63) is 65.2 Å². The number of nitrogens with zero attached hydrogens (tertiary/aromatic N) is 1. The van der Waals surface area contributed by atoms with Crippen molar-refractivity contribution in [1.82, 2.24) is 10.2 Å². The fourth-order valence-corrected chi connectivity index (χ4v) is 3.56. The molecule has 1 fully saturated rings. The molecule has 1 aliphatic rings. The summed E-state index contributed by atoms with van der Waals surface area (Å²) in [5, 5.41) is 4.48. The molecule has 0 saturated carbocycles. The summed E-state index contributed by atoms with van der Waals surface area (Å²) in [7, 11) is 0. The first-order valence-electron chi connectivity index (χ1n) is 9.60. The largest absolute Gasteiger partial charge is 0.492 e. The van der Waals surface area contributed by atoms with E-state index in [4.69, 9.17) is 16.3 Å². The highest BCUT2D eigenvalue weighted by Gasteiger charge is 2.19. The molecule has 1 N–H and O–H groups in total. The molecular formula is C22H31Cl3N2O. The Morgan fingerprint density at radius 1 is 1.04 bits per heavy atom. The zero-order chi connectivity index (χ0) is 18.2. The Morgan fingerprint density at radius 2 is 1.68 bits per heavy atom. The molecule has 1 atom stereocenters. The first-order valence-corrected chi connectivity index (χ1v) is 9.97. The van der Waals surface area contributed by atoms with Gasteiger partial charge in [-0.05, 0) is 75.1 Å². The third-order valence-corrected chi connectivity index (χ3v) is 5.46. The lowest BCUT2D eigenvalue weighted by Crippen LogP contribution is -2.39. The van der Waals surface area contributed by atoms with Gasteiger partial charge < -0.3 is 10.1 Å². The number of rotatable bonds is 8. The Hall–Kier alpha value is -0.970. The molecule has 3 nitrogen and oxygen atoms in total. The van der Waals surface area contributed by atoms with Gasteiger partial charge in [-0.25, -0.2) is 0 Å². The molecule has 0 amide bonds. The van der Waals surface area contributed by atoms with Crippen molar-refractivity contribution in [3.63, 3.8) is 0 Å². The minimum absolute atomic E-state index is 0. The van der Waals surface area contributed by atoms with Crippen LogP contribution >= 0.6 is 36.4 Å². The maximum absolute atomic E-state index is 5.97. The van der Waals surface area contributed by atoms with Gasteiger partial charge in [-0.2, -0.15) is 0 Å². The van der Waals surface area contributed by atoms with E-state index in [9.17, 15) is 0 Å². The van der Waals surface area contributed by atoms with Crippen molar-refractivity contribution in [2.24, 2.45) is 5.92 Å². The topological polar surface area (TPSA) is 24.5 Å². The summed E-state index contributed by atoms with van der Waals surface area (Å²) in [5.41, 5.74) is 1.30. The number of hydrogen-bond donors (Lipinski definition) is 1. The van der Waals surface area contributed by atoms with Gasteiger partial charge in [-0.3, -0.25) is 4.90 Å². The third-order valence-electron chi connectivity index (χ3n) is 5.21. The summed E-state index contributed by atoms with van der Waals surface area (Å²) in [6.07, 6.45) is 2.51. The Kier molecular flexibility index (Phi) is 11.9. The lowest BCUT2D eigenvalue weighted by Gasteiger charge is -2.32. The fourth-order valence-electron chi connectivity index (χ4n) is 3.44. The molecule has 6 heteroatoms. The molecule has 2 aromatic rings. The van der Waals surface area contributed by atoms with E-state index in [2.05, 4.69) is 29.3 Å². The van der Waals surface area contributed by atoms with Gasteiger partial charge in [-0.15, -0.1) is 24.8 Å². The van der Waals surface area contributed by atoms with E-state index in [-0.39, 0.29) is 24.8 Å². The lowest BCUT2D eigenvalue weighted by atomic mass is 9.96. The summed E-state index contributed by atoms with van der Waals surface area (Å²) in [4.78, 5) is 2.52. The van der Waals surface area contributed by atoms with Crippen LogP contribution in [0, 0.1) is 5.92 Å². The lowest BCUT2D eigenvalue weighted by molar-refractivity contribution is 0.153. The average Bonchev–Trinajstić information content (AvgIpc) is 2.68.